The van der Waals surface area contributed by atoms with E-state index in [0.29, 0.717) is 27.1 Å². The van der Waals surface area contributed by atoms with Gasteiger partial charge >= 0.3 is 0 Å². The van der Waals surface area contributed by atoms with Crippen LogP contribution in [0.1, 0.15) is 16.9 Å². The maximum absolute atomic E-state index is 14.2. The van der Waals surface area contributed by atoms with E-state index in [0.717, 1.165) is 23.1 Å². The zero-order valence-electron chi connectivity index (χ0n) is 19.0. The number of hydrogen-bond acceptors (Lipinski definition) is 6. The average Bonchev–Trinajstić information content (AvgIpc) is 3.51. The Hall–Kier alpha value is -4.43. The number of carbonyl (C=O) groups excluding carboxylic acids is 1. The summed E-state index contributed by atoms with van der Waals surface area (Å²) in [6.45, 7) is 0.183. The lowest BCUT2D eigenvalue weighted by molar-refractivity contribution is -0.122. The van der Waals surface area contributed by atoms with Gasteiger partial charge in [-0.15, -0.1) is 5.10 Å². The smallest absolute Gasteiger partial charge is 0.267 e. The molecule has 1 amide bonds. The third-order valence-electron chi connectivity index (χ3n) is 5.16. The Labute approximate surface area is 211 Å². The molecule has 0 N–H and O–H groups in total. The van der Waals surface area contributed by atoms with Gasteiger partial charge in [0.25, 0.3) is 5.91 Å². The molecule has 1 saturated heterocycles. The molecule has 8 heteroatoms. The lowest BCUT2D eigenvalue weighted by Crippen LogP contribution is -2.28. The predicted octanol–water partition coefficient (Wildman–Crippen LogP) is 6.72. The average molecular weight is 498 g/mol. The quantitative estimate of drug-likeness (QED) is 0.162. The maximum atomic E-state index is 14.2. The van der Waals surface area contributed by atoms with Crippen LogP contribution in [0.2, 0.25) is 0 Å². The van der Waals surface area contributed by atoms with Crippen LogP contribution in [0.5, 0.6) is 11.5 Å². The summed E-state index contributed by atoms with van der Waals surface area (Å²) in [7, 11) is 0. The number of furan rings is 1. The van der Waals surface area contributed by atoms with Crippen LogP contribution in [0.15, 0.2) is 117 Å². The molecule has 5 rings (SSSR count). The summed E-state index contributed by atoms with van der Waals surface area (Å²) in [6, 6.07) is 26.7. The second-order valence-corrected chi connectivity index (χ2v) is 8.73. The first-order chi connectivity index (χ1) is 17.7. The van der Waals surface area contributed by atoms with Gasteiger partial charge in [0.05, 0.1) is 23.9 Å². The van der Waals surface area contributed by atoms with Gasteiger partial charge in [-0.1, -0.05) is 48.5 Å². The van der Waals surface area contributed by atoms with Gasteiger partial charge in [-0.3, -0.25) is 9.69 Å². The number of hydrogen-bond donors (Lipinski definition) is 0. The highest BCUT2D eigenvalue weighted by atomic mass is 32.2. The molecule has 1 aromatic heterocycles. The summed E-state index contributed by atoms with van der Waals surface area (Å²) < 4.78 is 25.4. The van der Waals surface area contributed by atoms with Crippen molar-refractivity contribution in [3.8, 4) is 11.5 Å². The zero-order valence-corrected chi connectivity index (χ0v) is 19.8. The SMILES string of the molecule is O=C1/C(=C/c2ccccc2F)S/C(=N\N=C\c2cccc(Oc3ccccc3)c2)N1Cc1ccco1. The largest absolute Gasteiger partial charge is 0.467 e. The van der Waals surface area contributed by atoms with E-state index in [2.05, 4.69) is 10.2 Å². The molecule has 4 aromatic rings. The molecule has 178 valence electrons. The van der Waals surface area contributed by atoms with Crippen molar-refractivity contribution >= 4 is 35.1 Å². The molecule has 2 heterocycles. The van der Waals surface area contributed by atoms with Crippen molar-refractivity contribution in [2.75, 3.05) is 0 Å². The van der Waals surface area contributed by atoms with E-state index in [1.54, 1.807) is 42.8 Å². The first-order valence-electron chi connectivity index (χ1n) is 11.1. The summed E-state index contributed by atoms with van der Waals surface area (Å²) in [6.07, 6.45) is 4.65. The van der Waals surface area contributed by atoms with Crippen LogP contribution in [0, 0.1) is 5.82 Å². The van der Waals surface area contributed by atoms with E-state index in [-0.39, 0.29) is 12.5 Å². The summed E-state index contributed by atoms with van der Waals surface area (Å²) >= 11 is 1.13. The Morgan fingerprint density at radius 3 is 2.56 bits per heavy atom. The van der Waals surface area contributed by atoms with Gasteiger partial charge in [0.1, 0.15) is 23.1 Å². The predicted molar refractivity (Wildman–Crippen MR) is 139 cm³/mol. The van der Waals surface area contributed by atoms with Gasteiger partial charge < -0.3 is 9.15 Å². The van der Waals surface area contributed by atoms with Gasteiger partial charge in [0, 0.05) is 5.56 Å². The van der Waals surface area contributed by atoms with Crippen LogP contribution in [-0.2, 0) is 11.3 Å². The standard InChI is InChI=1S/C28H20FN3O3S/c29-25-14-5-4-9-21(25)17-26-27(33)32(19-24-13-7-15-34-24)28(36-26)31-30-18-20-8-6-12-23(16-20)35-22-10-2-1-3-11-22/h1-18H,19H2/b26-17-,30-18+,31-28-. The van der Waals surface area contributed by atoms with Crippen LogP contribution in [0.4, 0.5) is 4.39 Å². The molecule has 3 aromatic carbocycles. The first kappa shape index (κ1) is 23.3. The molecule has 0 unspecified atom stereocenters. The summed E-state index contributed by atoms with van der Waals surface area (Å²) in [4.78, 5) is 14.9. The molecule has 0 saturated carbocycles. The number of carbonyl (C=O) groups is 1. The summed E-state index contributed by atoms with van der Waals surface area (Å²) in [5, 5.41) is 8.87. The Balaban J connectivity index is 1.38. The normalized spacial score (nSPS) is 15.9. The molecule has 1 fully saturated rings. The molecule has 1 aliphatic rings. The topological polar surface area (TPSA) is 67.4 Å². The molecule has 0 bridgehead atoms. The number of nitrogens with zero attached hydrogens (tertiary/aromatic N) is 3. The van der Waals surface area contributed by atoms with Crippen LogP contribution in [-0.4, -0.2) is 22.2 Å². The molecule has 0 spiro atoms. The number of benzene rings is 3. The number of ether oxygens (including phenoxy) is 1. The van der Waals surface area contributed by atoms with Crippen molar-refractivity contribution in [1.82, 2.24) is 4.90 Å². The van der Waals surface area contributed by atoms with E-state index in [4.69, 9.17) is 9.15 Å². The van der Waals surface area contributed by atoms with E-state index in [1.165, 1.54) is 17.0 Å². The number of para-hydroxylation sites is 1. The third kappa shape index (κ3) is 5.61. The van der Waals surface area contributed by atoms with Crippen molar-refractivity contribution < 1.29 is 18.3 Å². The molecule has 0 atom stereocenters. The lowest BCUT2D eigenvalue weighted by Gasteiger charge is -2.12. The highest BCUT2D eigenvalue weighted by molar-refractivity contribution is 8.18. The Morgan fingerprint density at radius 1 is 0.944 bits per heavy atom. The zero-order chi connectivity index (χ0) is 24.7. The summed E-state index contributed by atoms with van der Waals surface area (Å²) in [5.74, 6) is 1.29. The first-order valence-corrected chi connectivity index (χ1v) is 11.9. The fourth-order valence-corrected chi connectivity index (χ4v) is 4.37. The van der Waals surface area contributed by atoms with Crippen molar-refractivity contribution in [1.29, 1.82) is 0 Å². The third-order valence-corrected chi connectivity index (χ3v) is 6.16. The van der Waals surface area contributed by atoms with Crippen molar-refractivity contribution in [3.05, 3.63) is 125 Å². The van der Waals surface area contributed by atoms with Crippen molar-refractivity contribution in [3.63, 3.8) is 0 Å². The maximum Gasteiger partial charge on any atom is 0.267 e. The Morgan fingerprint density at radius 2 is 1.75 bits per heavy atom. The molecule has 1 aliphatic heterocycles. The molecule has 0 radical (unpaired) electrons. The minimum Gasteiger partial charge on any atom is -0.467 e. The number of amides is 1. The number of rotatable bonds is 7. The van der Waals surface area contributed by atoms with E-state index < -0.39 is 5.82 Å². The molecule has 6 nitrogen and oxygen atoms in total. The molecule has 36 heavy (non-hydrogen) atoms. The Kier molecular flexibility index (Phi) is 7.05. The number of halogens is 1. The van der Waals surface area contributed by atoms with Gasteiger partial charge in [0.2, 0.25) is 0 Å². The second kappa shape index (κ2) is 10.9. The van der Waals surface area contributed by atoms with Crippen molar-refractivity contribution in [2.24, 2.45) is 10.2 Å². The minimum absolute atomic E-state index is 0.183. The van der Waals surface area contributed by atoms with E-state index in [1.807, 2.05) is 54.6 Å². The number of thioether (sulfide) groups is 1. The van der Waals surface area contributed by atoms with Gasteiger partial charge in [0.15, 0.2) is 5.17 Å². The van der Waals surface area contributed by atoms with Crippen LogP contribution >= 0.6 is 11.8 Å². The Bertz CT molecular complexity index is 1450. The lowest BCUT2D eigenvalue weighted by atomic mass is 10.2. The van der Waals surface area contributed by atoms with Crippen LogP contribution in [0.25, 0.3) is 6.08 Å². The van der Waals surface area contributed by atoms with Crippen LogP contribution in [0.3, 0.4) is 0 Å². The number of amidine groups is 1. The summed E-state index contributed by atoms with van der Waals surface area (Å²) in [5.41, 5.74) is 1.10. The van der Waals surface area contributed by atoms with Gasteiger partial charge in [-0.05, 0) is 65.9 Å². The van der Waals surface area contributed by atoms with E-state index in [9.17, 15) is 9.18 Å². The fraction of sp³-hybridized carbons (Fsp3) is 0.0357. The van der Waals surface area contributed by atoms with Crippen LogP contribution < -0.4 is 4.74 Å². The minimum atomic E-state index is -0.406. The van der Waals surface area contributed by atoms with Crippen molar-refractivity contribution in [2.45, 2.75) is 6.54 Å². The molecular weight excluding hydrogens is 477 g/mol. The molecular formula is C28H20FN3O3S. The second-order valence-electron chi connectivity index (χ2n) is 7.72. The highest BCUT2D eigenvalue weighted by Crippen LogP contribution is 2.34. The fourth-order valence-electron chi connectivity index (χ4n) is 3.44. The van der Waals surface area contributed by atoms with Gasteiger partial charge in [-0.2, -0.15) is 5.10 Å². The van der Waals surface area contributed by atoms with E-state index >= 15 is 0 Å². The van der Waals surface area contributed by atoms with Gasteiger partial charge in [-0.25, -0.2) is 4.39 Å². The highest BCUT2D eigenvalue weighted by Gasteiger charge is 2.34. The molecule has 0 aliphatic carbocycles. The monoisotopic (exact) mass is 497 g/mol.